The molecule has 1 aliphatic heterocycles. The summed E-state index contributed by atoms with van der Waals surface area (Å²) in [6.45, 7) is 5.16. The Balaban J connectivity index is 1.79. The Hall–Kier alpha value is -2.83. The van der Waals surface area contributed by atoms with Gasteiger partial charge in [0, 0.05) is 6.20 Å². The molecule has 4 N–H and O–H groups in total. The lowest BCUT2D eigenvalue weighted by Crippen LogP contribution is -2.43. The molecule has 3 rings (SSSR count). The predicted octanol–water partition coefficient (Wildman–Crippen LogP) is 1.95. The Bertz CT molecular complexity index is 1160. The first-order chi connectivity index (χ1) is 16.8. The Labute approximate surface area is 207 Å². The zero-order valence-electron chi connectivity index (χ0n) is 20.2. The number of benzene rings is 1. The molecule has 1 aromatic heterocycles. The number of anilines is 1. The highest BCUT2D eigenvalue weighted by molar-refractivity contribution is 7.52. The fourth-order valence-electron chi connectivity index (χ4n) is 3.46. The van der Waals surface area contributed by atoms with Gasteiger partial charge in [0.2, 0.25) is 0 Å². The summed E-state index contributed by atoms with van der Waals surface area (Å²) in [5.74, 6) is -0.599. The number of halogens is 1. The molecule has 0 radical (unpaired) electrons. The molecule has 1 aliphatic rings. The molecule has 3 unspecified atom stereocenters. The summed E-state index contributed by atoms with van der Waals surface area (Å²) < 4.78 is 51.6. The summed E-state index contributed by atoms with van der Waals surface area (Å²) in [6, 6.07) is 8.20. The second-order valence-electron chi connectivity index (χ2n) is 8.70. The number of alkyl halides is 1. The number of esters is 1. The average molecular weight is 528 g/mol. The highest BCUT2D eigenvalue weighted by Gasteiger charge is 2.56. The van der Waals surface area contributed by atoms with Gasteiger partial charge in [-0.1, -0.05) is 18.2 Å². The molecule has 12 nitrogen and oxygen atoms in total. The first-order valence-corrected chi connectivity index (χ1v) is 12.7. The van der Waals surface area contributed by atoms with Crippen molar-refractivity contribution in [3.63, 3.8) is 0 Å². The summed E-state index contributed by atoms with van der Waals surface area (Å²) in [4.78, 5) is 28.0. The van der Waals surface area contributed by atoms with E-state index in [0.717, 1.165) is 11.5 Å². The maximum atomic E-state index is 15.5. The van der Waals surface area contributed by atoms with E-state index in [1.165, 1.54) is 31.3 Å². The van der Waals surface area contributed by atoms with Crippen LogP contribution in [0.25, 0.3) is 0 Å². The number of hydrogen-bond acceptors (Lipinski definition) is 10. The minimum Gasteiger partial charge on any atom is -0.462 e. The fourth-order valence-corrected chi connectivity index (χ4v) is 4.96. The number of nitrogens with two attached hydrogens (primary N) is 1. The quantitative estimate of drug-likeness (QED) is 0.305. The third-order valence-electron chi connectivity index (χ3n) is 5.26. The zero-order valence-corrected chi connectivity index (χ0v) is 21.1. The molecule has 0 amide bonds. The van der Waals surface area contributed by atoms with Crippen LogP contribution in [-0.2, 0) is 23.4 Å². The van der Waals surface area contributed by atoms with Crippen molar-refractivity contribution in [2.24, 2.45) is 0 Å². The van der Waals surface area contributed by atoms with Crippen LogP contribution < -0.4 is 21.0 Å². The number of nitrogen functional groups attached to an aromatic ring is 1. The third-order valence-corrected chi connectivity index (χ3v) is 6.90. The molecular formula is C22H30FN4O8P. The van der Waals surface area contributed by atoms with E-state index in [0.29, 0.717) is 0 Å². The van der Waals surface area contributed by atoms with Crippen molar-refractivity contribution in [1.29, 1.82) is 0 Å². The molecule has 0 saturated carbocycles. The number of aromatic nitrogens is 2. The van der Waals surface area contributed by atoms with E-state index in [1.807, 2.05) is 0 Å². The second-order valence-corrected chi connectivity index (χ2v) is 10.4. The molecule has 36 heavy (non-hydrogen) atoms. The third kappa shape index (κ3) is 6.48. The number of carbonyl (C=O) groups is 1. The topological polar surface area (TPSA) is 164 Å². The molecular weight excluding hydrogens is 498 g/mol. The number of nitrogens with zero attached hydrogens (tertiary/aromatic N) is 2. The van der Waals surface area contributed by atoms with Crippen LogP contribution in [0, 0.1) is 0 Å². The van der Waals surface area contributed by atoms with Gasteiger partial charge in [0.15, 0.2) is 11.9 Å². The van der Waals surface area contributed by atoms with Crippen molar-refractivity contribution in [2.75, 3.05) is 12.3 Å². The smallest absolute Gasteiger partial charge is 0.459 e. The van der Waals surface area contributed by atoms with Crippen molar-refractivity contribution in [3.8, 4) is 5.75 Å². The molecule has 0 spiro atoms. The lowest BCUT2D eigenvalue weighted by atomic mass is 9.98. The SMILES string of the molecule is CC(C)OC(=O)[C@H](C)NP(=O)(OCC1O[C@@H](n2ccc(N)nc2=O)[C@](C)(F)C1O)Oc1ccccc1. The number of hydrogen-bond donors (Lipinski definition) is 3. The van der Waals surface area contributed by atoms with Crippen molar-refractivity contribution in [1.82, 2.24) is 14.6 Å². The van der Waals surface area contributed by atoms with Crippen molar-refractivity contribution < 1.29 is 37.4 Å². The summed E-state index contributed by atoms with van der Waals surface area (Å²) in [5.41, 5.74) is 2.16. The molecule has 0 aliphatic carbocycles. The van der Waals surface area contributed by atoms with Crippen LogP contribution in [0.3, 0.4) is 0 Å². The van der Waals surface area contributed by atoms with Crippen LogP contribution in [0.1, 0.15) is 33.9 Å². The maximum Gasteiger partial charge on any atom is 0.459 e. The van der Waals surface area contributed by atoms with Gasteiger partial charge in [-0.05, 0) is 45.9 Å². The number of ether oxygens (including phenoxy) is 2. The van der Waals surface area contributed by atoms with Gasteiger partial charge in [0.25, 0.3) is 0 Å². The molecule has 14 heteroatoms. The first kappa shape index (κ1) is 27.8. The standard InChI is InChI=1S/C22H30FN4O8P/c1-13(2)33-19(29)14(3)26-36(31,35-15-8-6-5-7-9-15)32-12-16-18(28)22(4,23)20(34-16)27-11-10-17(24)25-21(27)30/h5-11,13-14,16,18,20,28H,12H2,1-4H3,(H,26,31)(H2,24,25,30)/t14-,16?,18?,20+,22+,36?/m0/s1. The summed E-state index contributed by atoms with van der Waals surface area (Å²) >= 11 is 0. The summed E-state index contributed by atoms with van der Waals surface area (Å²) in [6.07, 6.45) is -3.92. The van der Waals surface area contributed by atoms with E-state index < -0.39 is 62.3 Å². The lowest BCUT2D eigenvalue weighted by Gasteiger charge is -2.25. The maximum absolute atomic E-state index is 15.5. The van der Waals surface area contributed by atoms with Gasteiger partial charge in [-0.25, -0.2) is 13.8 Å². The lowest BCUT2D eigenvalue weighted by molar-refractivity contribution is -0.149. The molecule has 1 aromatic carbocycles. The predicted molar refractivity (Wildman–Crippen MR) is 127 cm³/mol. The zero-order chi connectivity index (χ0) is 26.7. The average Bonchev–Trinajstić information content (AvgIpc) is 3.01. The minimum atomic E-state index is -4.29. The minimum absolute atomic E-state index is 0.0644. The van der Waals surface area contributed by atoms with Gasteiger partial charge in [-0.2, -0.15) is 10.1 Å². The van der Waals surface area contributed by atoms with E-state index in [2.05, 4.69) is 10.1 Å². The van der Waals surface area contributed by atoms with E-state index in [4.69, 9.17) is 24.3 Å². The van der Waals surface area contributed by atoms with Gasteiger partial charge >= 0.3 is 19.4 Å². The summed E-state index contributed by atoms with van der Waals surface area (Å²) in [7, 11) is -4.29. The van der Waals surface area contributed by atoms with E-state index in [1.54, 1.807) is 32.0 Å². The Kier molecular flexibility index (Phi) is 8.52. The van der Waals surface area contributed by atoms with Crippen molar-refractivity contribution in [3.05, 3.63) is 53.1 Å². The van der Waals surface area contributed by atoms with Crippen molar-refractivity contribution >= 4 is 19.5 Å². The Morgan fingerprint density at radius 2 is 2.00 bits per heavy atom. The van der Waals surface area contributed by atoms with Gasteiger partial charge in [-0.15, -0.1) is 0 Å². The van der Waals surface area contributed by atoms with Crippen molar-refractivity contribution in [2.45, 2.75) is 63.9 Å². The van der Waals surface area contributed by atoms with Gasteiger partial charge < -0.3 is 24.8 Å². The number of aliphatic hydroxyl groups excluding tert-OH is 1. The van der Waals surface area contributed by atoms with Crippen LogP contribution in [0.5, 0.6) is 5.75 Å². The number of carbonyl (C=O) groups excluding carboxylic acids is 1. The van der Waals surface area contributed by atoms with Gasteiger partial charge in [0.05, 0.1) is 12.7 Å². The monoisotopic (exact) mass is 528 g/mol. The van der Waals surface area contributed by atoms with E-state index in [9.17, 15) is 19.3 Å². The summed E-state index contributed by atoms with van der Waals surface area (Å²) in [5, 5.41) is 13.1. The van der Waals surface area contributed by atoms with Gasteiger partial charge in [-0.3, -0.25) is 13.9 Å². The molecule has 2 aromatic rings. The van der Waals surface area contributed by atoms with E-state index >= 15 is 4.39 Å². The van der Waals surface area contributed by atoms with Gasteiger partial charge in [0.1, 0.15) is 29.8 Å². The largest absolute Gasteiger partial charge is 0.462 e. The second kappa shape index (κ2) is 11.1. The highest BCUT2D eigenvalue weighted by Crippen LogP contribution is 2.47. The molecule has 2 heterocycles. The van der Waals surface area contributed by atoms with E-state index in [-0.39, 0.29) is 11.6 Å². The fraction of sp³-hybridized carbons (Fsp3) is 0.500. The normalized spacial score (nSPS) is 26.4. The molecule has 198 valence electrons. The molecule has 6 atom stereocenters. The molecule has 0 bridgehead atoms. The first-order valence-electron chi connectivity index (χ1n) is 11.2. The number of rotatable bonds is 10. The van der Waals surface area contributed by atoms with Crippen LogP contribution in [0.15, 0.2) is 47.4 Å². The number of nitrogens with one attached hydrogen (secondary N) is 1. The number of para-hydroxylation sites is 1. The van der Waals surface area contributed by atoms with Crippen LogP contribution >= 0.6 is 7.75 Å². The van der Waals surface area contributed by atoms with Crippen LogP contribution in [0.4, 0.5) is 10.2 Å². The van der Waals surface area contributed by atoms with Crippen LogP contribution in [0.2, 0.25) is 0 Å². The van der Waals surface area contributed by atoms with Crippen LogP contribution in [-0.4, -0.2) is 57.3 Å². The molecule has 1 saturated heterocycles. The Morgan fingerprint density at radius 1 is 1.33 bits per heavy atom. The number of aliphatic hydroxyl groups is 1. The molecule has 1 fully saturated rings. The highest BCUT2D eigenvalue weighted by atomic mass is 31.2. The Morgan fingerprint density at radius 3 is 2.61 bits per heavy atom.